The standard InChI is InChI=1S/C24H32FN5O4/c1-12(26-4)23(33)28-21(13(2)31)24(34)29-8-7-20-22(29)18(11-30(20)14(3)32)17-10-27-19-9-15(25)5-6-16(17)19/h5-6,9-10,12-13,18,20-22,26-27,31H,7-8,11H2,1-4H3,(H,28,33). The molecule has 2 aliphatic heterocycles. The molecule has 6 unspecified atom stereocenters. The van der Waals surface area contributed by atoms with Gasteiger partial charge in [0.2, 0.25) is 17.7 Å². The molecule has 0 saturated carbocycles. The minimum atomic E-state index is -1.11. The van der Waals surface area contributed by atoms with Gasteiger partial charge in [0.15, 0.2) is 0 Å². The number of aromatic amines is 1. The van der Waals surface area contributed by atoms with Crippen molar-refractivity contribution in [1.82, 2.24) is 25.4 Å². The number of halogens is 1. The Morgan fingerprint density at radius 3 is 2.62 bits per heavy atom. The SMILES string of the molecule is CNC(C)C(=O)NC(C(=O)N1CCC2C1C(c1c[nH]c3cc(F)ccc13)CN2C(C)=O)C(C)O. The van der Waals surface area contributed by atoms with Gasteiger partial charge in [0.05, 0.1) is 24.2 Å². The molecule has 1 aromatic carbocycles. The van der Waals surface area contributed by atoms with E-state index in [4.69, 9.17) is 0 Å². The van der Waals surface area contributed by atoms with Crippen molar-refractivity contribution in [1.29, 1.82) is 0 Å². The van der Waals surface area contributed by atoms with Gasteiger partial charge < -0.3 is 30.5 Å². The summed E-state index contributed by atoms with van der Waals surface area (Å²) < 4.78 is 13.7. The van der Waals surface area contributed by atoms with Gasteiger partial charge in [-0.1, -0.05) is 0 Å². The summed E-state index contributed by atoms with van der Waals surface area (Å²) in [5.74, 6) is -1.37. The molecule has 4 rings (SSSR count). The van der Waals surface area contributed by atoms with Crippen LogP contribution in [0.2, 0.25) is 0 Å². The fraction of sp³-hybridized carbons (Fsp3) is 0.542. The Bertz CT molecular complexity index is 1100. The highest BCUT2D eigenvalue weighted by Gasteiger charge is 2.53. The van der Waals surface area contributed by atoms with E-state index in [1.165, 1.54) is 26.0 Å². The zero-order chi connectivity index (χ0) is 24.7. The first-order chi connectivity index (χ1) is 16.1. The maximum absolute atomic E-state index is 13.7. The van der Waals surface area contributed by atoms with Gasteiger partial charge in [0.25, 0.3) is 0 Å². The largest absolute Gasteiger partial charge is 0.391 e. The predicted molar refractivity (Wildman–Crippen MR) is 124 cm³/mol. The normalized spacial score (nSPS) is 24.7. The van der Waals surface area contributed by atoms with Crippen LogP contribution in [0.1, 0.15) is 38.7 Å². The van der Waals surface area contributed by atoms with Gasteiger partial charge in [-0.05, 0) is 51.1 Å². The van der Waals surface area contributed by atoms with E-state index in [1.54, 1.807) is 29.8 Å². The number of aliphatic hydroxyl groups excluding tert-OH is 1. The number of hydrogen-bond acceptors (Lipinski definition) is 5. The van der Waals surface area contributed by atoms with E-state index in [1.807, 2.05) is 6.20 Å². The van der Waals surface area contributed by atoms with Gasteiger partial charge in [0.1, 0.15) is 11.9 Å². The molecular weight excluding hydrogens is 441 g/mol. The Kier molecular flexibility index (Phi) is 6.64. The Morgan fingerprint density at radius 1 is 1.24 bits per heavy atom. The van der Waals surface area contributed by atoms with E-state index in [0.29, 0.717) is 25.0 Å². The molecule has 2 aliphatic rings. The summed E-state index contributed by atoms with van der Waals surface area (Å²) in [7, 11) is 1.64. The molecule has 34 heavy (non-hydrogen) atoms. The molecule has 0 radical (unpaired) electrons. The van der Waals surface area contributed by atoms with E-state index >= 15 is 0 Å². The molecule has 2 aromatic rings. The number of carbonyl (C=O) groups excluding carboxylic acids is 3. The molecule has 2 fully saturated rings. The quantitative estimate of drug-likeness (QED) is 0.493. The lowest BCUT2D eigenvalue weighted by atomic mass is 9.91. The number of likely N-dealkylation sites (N-methyl/N-ethyl adjacent to an activating group) is 1. The van der Waals surface area contributed by atoms with Crippen LogP contribution in [0.5, 0.6) is 0 Å². The fourth-order valence-corrected chi connectivity index (χ4v) is 5.39. The number of hydrogen-bond donors (Lipinski definition) is 4. The average Bonchev–Trinajstić information content (AvgIpc) is 3.49. The summed E-state index contributed by atoms with van der Waals surface area (Å²) in [5, 5.41) is 16.7. The summed E-state index contributed by atoms with van der Waals surface area (Å²) in [6.07, 6.45) is 1.33. The molecule has 4 N–H and O–H groups in total. The molecule has 0 spiro atoms. The summed E-state index contributed by atoms with van der Waals surface area (Å²) in [4.78, 5) is 45.2. The van der Waals surface area contributed by atoms with Crippen LogP contribution < -0.4 is 10.6 Å². The van der Waals surface area contributed by atoms with Crippen LogP contribution in [0.3, 0.4) is 0 Å². The molecule has 0 bridgehead atoms. The number of benzene rings is 1. The Hall–Kier alpha value is -2.98. The minimum absolute atomic E-state index is 0.0686. The number of aliphatic hydroxyl groups is 1. The van der Waals surface area contributed by atoms with Gasteiger partial charge in [-0.3, -0.25) is 14.4 Å². The van der Waals surface area contributed by atoms with E-state index in [9.17, 15) is 23.9 Å². The molecule has 10 heteroatoms. The first kappa shape index (κ1) is 24.2. The molecule has 9 nitrogen and oxygen atoms in total. The van der Waals surface area contributed by atoms with Crippen molar-refractivity contribution in [3.05, 3.63) is 35.8 Å². The predicted octanol–water partition coefficient (Wildman–Crippen LogP) is 0.696. The van der Waals surface area contributed by atoms with Gasteiger partial charge in [0, 0.05) is 43.0 Å². The number of likely N-dealkylation sites (tertiary alicyclic amines) is 2. The van der Waals surface area contributed by atoms with Crippen molar-refractivity contribution in [3.8, 4) is 0 Å². The maximum Gasteiger partial charge on any atom is 0.248 e. The van der Waals surface area contributed by atoms with Crippen molar-refractivity contribution in [3.63, 3.8) is 0 Å². The Labute approximate surface area is 197 Å². The van der Waals surface area contributed by atoms with Crippen molar-refractivity contribution < 1.29 is 23.9 Å². The van der Waals surface area contributed by atoms with E-state index < -0.39 is 18.2 Å². The number of H-pyrrole nitrogens is 1. The summed E-state index contributed by atoms with van der Waals surface area (Å²) in [5.41, 5.74) is 1.56. The van der Waals surface area contributed by atoms with Crippen molar-refractivity contribution in [2.45, 2.75) is 63.4 Å². The van der Waals surface area contributed by atoms with Gasteiger partial charge in [-0.2, -0.15) is 0 Å². The third-order valence-corrected chi connectivity index (χ3v) is 7.26. The number of aromatic nitrogens is 1. The first-order valence-electron chi connectivity index (χ1n) is 11.6. The van der Waals surface area contributed by atoms with Crippen molar-refractivity contribution in [2.75, 3.05) is 20.1 Å². The van der Waals surface area contributed by atoms with Crippen LogP contribution >= 0.6 is 0 Å². The number of nitrogens with zero attached hydrogens (tertiary/aromatic N) is 2. The average molecular weight is 474 g/mol. The minimum Gasteiger partial charge on any atom is -0.391 e. The van der Waals surface area contributed by atoms with Crippen LogP contribution in [0.15, 0.2) is 24.4 Å². The van der Waals surface area contributed by atoms with Gasteiger partial charge in [-0.25, -0.2) is 4.39 Å². The Balaban J connectivity index is 1.68. The zero-order valence-electron chi connectivity index (χ0n) is 19.8. The number of rotatable bonds is 6. The second-order valence-corrected chi connectivity index (χ2v) is 9.33. The number of nitrogens with one attached hydrogen (secondary N) is 3. The highest BCUT2D eigenvalue weighted by atomic mass is 19.1. The molecule has 0 aliphatic carbocycles. The number of amides is 3. The van der Waals surface area contributed by atoms with Gasteiger partial charge >= 0.3 is 0 Å². The Morgan fingerprint density at radius 2 is 1.97 bits per heavy atom. The van der Waals surface area contributed by atoms with Crippen LogP contribution in [0.4, 0.5) is 4.39 Å². The van der Waals surface area contributed by atoms with E-state index in [2.05, 4.69) is 15.6 Å². The lowest BCUT2D eigenvalue weighted by molar-refractivity contribution is -0.140. The highest BCUT2D eigenvalue weighted by molar-refractivity contribution is 5.91. The molecule has 3 heterocycles. The number of carbonyl (C=O) groups is 3. The second kappa shape index (κ2) is 9.34. The maximum atomic E-state index is 13.7. The van der Waals surface area contributed by atoms with Crippen LogP contribution in [0.25, 0.3) is 10.9 Å². The fourth-order valence-electron chi connectivity index (χ4n) is 5.39. The second-order valence-electron chi connectivity index (χ2n) is 9.33. The topological polar surface area (TPSA) is 118 Å². The molecule has 2 saturated heterocycles. The van der Waals surface area contributed by atoms with Crippen LogP contribution in [0, 0.1) is 5.82 Å². The monoisotopic (exact) mass is 473 g/mol. The van der Waals surface area contributed by atoms with Crippen molar-refractivity contribution in [2.24, 2.45) is 0 Å². The molecule has 6 atom stereocenters. The van der Waals surface area contributed by atoms with Gasteiger partial charge in [-0.15, -0.1) is 0 Å². The highest BCUT2D eigenvalue weighted by Crippen LogP contribution is 2.43. The summed E-state index contributed by atoms with van der Waals surface area (Å²) in [6.45, 7) is 5.50. The molecule has 1 aromatic heterocycles. The van der Waals surface area contributed by atoms with Crippen LogP contribution in [-0.2, 0) is 14.4 Å². The molecule has 184 valence electrons. The summed E-state index contributed by atoms with van der Waals surface area (Å²) >= 11 is 0. The molecular formula is C24H32FN5O4. The van der Waals surface area contributed by atoms with E-state index in [-0.39, 0.29) is 41.5 Å². The number of fused-ring (bicyclic) bond motifs is 2. The molecule has 3 amide bonds. The summed E-state index contributed by atoms with van der Waals surface area (Å²) in [6, 6.07) is 2.41. The van der Waals surface area contributed by atoms with Crippen LogP contribution in [-0.4, -0.2) is 88.0 Å². The van der Waals surface area contributed by atoms with E-state index in [0.717, 1.165) is 10.9 Å². The third-order valence-electron chi connectivity index (χ3n) is 7.26. The third kappa shape index (κ3) is 4.16. The smallest absolute Gasteiger partial charge is 0.248 e. The van der Waals surface area contributed by atoms with Crippen molar-refractivity contribution >= 4 is 28.6 Å². The lowest BCUT2D eigenvalue weighted by Crippen LogP contribution is -2.58. The lowest BCUT2D eigenvalue weighted by Gasteiger charge is -2.33. The zero-order valence-corrected chi connectivity index (χ0v) is 19.8. The first-order valence-corrected chi connectivity index (χ1v) is 11.6.